The molecule has 124 valence electrons. The molecule has 2 fully saturated rings. The smallest absolute Gasteiger partial charge is 0.326 e. The molecular weight excluding hydrogens is 324 g/mol. The van der Waals surface area contributed by atoms with Crippen molar-refractivity contribution in [2.75, 3.05) is 6.54 Å². The minimum atomic E-state index is -2.51. The van der Waals surface area contributed by atoms with Crippen LogP contribution in [0.4, 0.5) is 8.78 Å². The van der Waals surface area contributed by atoms with Gasteiger partial charge in [-0.25, -0.2) is 4.79 Å². The van der Waals surface area contributed by atoms with Crippen LogP contribution in [0.25, 0.3) is 0 Å². The number of thioether (sulfide) groups is 1. The first kappa shape index (κ1) is 16.2. The standard InChI is InChI=1S/C16H17F2NO3S/c17-16(18)23-11-6-4-9(5-7-11)14(20)19-8-10-2-1-3-12(10)13(19)15(21)22/h4-7,10,12-13,16H,1-3,8H2,(H,21,22). The number of rotatable bonds is 4. The van der Waals surface area contributed by atoms with E-state index in [4.69, 9.17) is 0 Å². The van der Waals surface area contributed by atoms with Gasteiger partial charge in [-0.3, -0.25) is 4.79 Å². The lowest BCUT2D eigenvalue weighted by atomic mass is 9.94. The van der Waals surface area contributed by atoms with Crippen molar-refractivity contribution in [2.24, 2.45) is 11.8 Å². The lowest BCUT2D eigenvalue weighted by molar-refractivity contribution is -0.142. The van der Waals surface area contributed by atoms with Gasteiger partial charge in [-0.1, -0.05) is 18.2 Å². The maximum absolute atomic E-state index is 12.6. The second kappa shape index (κ2) is 6.47. The predicted molar refractivity (Wildman–Crippen MR) is 81.6 cm³/mol. The molecule has 23 heavy (non-hydrogen) atoms. The summed E-state index contributed by atoms with van der Waals surface area (Å²) in [6.07, 6.45) is 2.82. The molecule has 1 saturated carbocycles. The lowest BCUT2D eigenvalue weighted by Gasteiger charge is -2.24. The molecule has 3 rings (SSSR count). The summed E-state index contributed by atoms with van der Waals surface area (Å²) in [5.74, 6) is -3.51. The van der Waals surface area contributed by atoms with Gasteiger partial charge in [0.2, 0.25) is 0 Å². The van der Waals surface area contributed by atoms with Gasteiger partial charge in [0.25, 0.3) is 11.7 Å². The summed E-state index contributed by atoms with van der Waals surface area (Å²) in [4.78, 5) is 26.0. The second-order valence-electron chi connectivity index (χ2n) is 6.00. The Bertz CT molecular complexity index is 608. The van der Waals surface area contributed by atoms with Crippen LogP contribution in [-0.4, -0.2) is 40.2 Å². The number of fused-ring (bicyclic) bond motifs is 1. The van der Waals surface area contributed by atoms with Crippen LogP contribution in [-0.2, 0) is 4.79 Å². The molecule has 3 atom stereocenters. The minimum Gasteiger partial charge on any atom is -0.480 e. The summed E-state index contributed by atoms with van der Waals surface area (Å²) < 4.78 is 24.6. The van der Waals surface area contributed by atoms with Crippen molar-refractivity contribution < 1.29 is 23.5 Å². The van der Waals surface area contributed by atoms with Crippen molar-refractivity contribution in [3.05, 3.63) is 29.8 Å². The number of nitrogens with zero attached hydrogens (tertiary/aromatic N) is 1. The topological polar surface area (TPSA) is 57.6 Å². The third-order valence-electron chi connectivity index (χ3n) is 4.73. The summed E-state index contributed by atoms with van der Waals surface area (Å²) in [5, 5.41) is 9.49. The number of hydrogen-bond donors (Lipinski definition) is 1. The summed E-state index contributed by atoms with van der Waals surface area (Å²) in [6.45, 7) is 0.466. The molecule has 2 aliphatic rings. The average molecular weight is 341 g/mol. The zero-order chi connectivity index (χ0) is 16.6. The van der Waals surface area contributed by atoms with E-state index in [1.165, 1.54) is 29.2 Å². The number of amides is 1. The Kier molecular flexibility index (Phi) is 4.57. The molecule has 1 amide bonds. The highest BCUT2D eigenvalue weighted by Crippen LogP contribution is 2.42. The van der Waals surface area contributed by atoms with Gasteiger partial charge in [0, 0.05) is 17.0 Å². The van der Waals surface area contributed by atoms with Gasteiger partial charge in [-0.05, 0) is 48.9 Å². The summed E-state index contributed by atoms with van der Waals surface area (Å²) in [6, 6.07) is 5.14. The van der Waals surface area contributed by atoms with Crippen LogP contribution < -0.4 is 0 Å². The number of carbonyl (C=O) groups is 2. The number of carboxylic acids is 1. The van der Waals surface area contributed by atoms with Crippen LogP contribution in [0, 0.1) is 11.8 Å². The highest BCUT2D eigenvalue weighted by molar-refractivity contribution is 7.99. The maximum atomic E-state index is 12.6. The van der Waals surface area contributed by atoms with E-state index in [9.17, 15) is 23.5 Å². The Morgan fingerprint density at radius 3 is 2.52 bits per heavy atom. The number of benzene rings is 1. The Balaban J connectivity index is 1.78. The largest absolute Gasteiger partial charge is 0.480 e. The van der Waals surface area contributed by atoms with E-state index in [0.29, 0.717) is 28.8 Å². The van der Waals surface area contributed by atoms with E-state index in [1.54, 1.807) is 0 Å². The van der Waals surface area contributed by atoms with Crippen molar-refractivity contribution in [3.8, 4) is 0 Å². The second-order valence-corrected chi connectivity index (χ2v) is 7.06. The van der Waals surface area contributed by atoms with Gasteiger partial charge in [0.1, 0.15) is 6.04 Å². The van der Waals surface area contributed by atoms with Crippen LogP contribution in [0.5, 0.6) is 0 Å². The zero-order valence-electron chi connectivity index (χ0n) is 12.3. The van der Waals surface area contributed by atoms with E-state index in [0.717, 1.165) is 19.3 Å². The molecule has 0 spiro atoms. The molecule has 1 heterocycles. The predicted octanol–water partition coefficient (Wildman–Crippen LogP) is 3.33. The molecule has 1 aromatic carbocycles. The number of carboxylic acid groups (broad SMARTS) is 1. The Morgan fingerprint density at radius 1 is 1.22 bits per heavy atom. The number of likely N-dealkylation sites (tertiary alicyclic amines) is 1. The fourth-order valence-corrected chi connectivity index (χ4v) is 4.27. The van der Waals surface area contributed by atoms with Crippen molar-refractivity contribution in [2.45, 2.75) is 36.0 Å². The normalized spacial score (nSPS) is 26.6. The fourth-order valence-electron chi connectivity index (χ4n) is 3.78. The fraction of sp³-hybridized carbons (Fsp3) is 0.500. The third-order valence-corrected chi connectivity index (χ3v) is 5.45. The average Bonchev–Trinajstić information content (AvgIpc) is 3.06. The quantitative estimate of drug-likeness (QED) is 0.854. The molecule has 1 aliphatic carbocycles. The third kappa shape index (κ3) is 3.20. The van der Waals surface area contributed by atoms with E-state index >= 15 is 0 Å². The van der Waals surface area contributed by atoms with E-state index in [2.05, 4.69) is 0 Å². The minimum absolute atomic E-state index is 0.0325. The maximum Gasteiger partial charge on any atom is 0.326 e. The van der Waals surface area contributed by atoms with Crippen LogP contribution in [0.2, 0.25) is 0 Å². The van der Waals surface area contributed by atoms with Crippen LogP contribution >= 0.6 is 11.8 Å². The number of aliphatic carboxylic acids is 1. The number of hydrogen-bond acceptors (Lipinski definition) is 3. The molecule has 0 aromatic heterocycles. The number of alkyl halides is 2. The zero-order valence-corrected chi connectivity index (χ0v) is 13.1. The van der Waals surface area contributed by atoms with Crippen LogP contribution in [0.3, 0.4) is 0 Å². The molecule has 1 saturated heterocycles. The van der Waals surface area contributed by atoms with E-state index in [-0.39, 0.29) is 17.7 Å². The first-order chi connectivity index (χ1) is 11.0. The molecule has 0 bridgehead atoms. The van der Waals surface area contributed by atoms with Gasteiger partial charge in [0.15, 0.2) is 0 Å². The highest BCUT2D eigenvalue weighted by Gasteiger charge is 2.49. The van der Waals surface area contributed by atoms with Crippen molar-refractivity contribution >= 4 is 23.6 Å². The van der Waals surface area contributed by atoms with Crippen molar-refractivity contribution in [1.82, 2.24) is 4.90 Å². The van der Waals surface area contributed by atoms with E-state index in [1.807, 2.05) is 0 Å². The van der Waals surface area contributed by atoms with Gasteiger partial charge in [-0.15, -0.1) is 0 Å². The number of halogens is 2. The first-order valence-electron chi connectivity index (χ1n) is 7.56. The Labute approximate surface area is 136 Å². The molecule has 3 unspecified atom stereocenters. The molecule has 0 radical (unpaired) electrons. The molecule has 1 aliphatic heterocycles. The van der Waals surface area contributed by atoms with Crippen LogP contribution in [0.1, 0.15) is 29.6 Å². The van der Waals surface area contributed by atoms with Gasteiger partial charge < -0.3 is 10.0 Å². The molecular formula is C16H17F2NO3S. The summed E-state index contributed by atoms with van der Waals surface area (Å²) in [7, 11) is 0. The molecule has 1 aromatic rings. The number of carbonyl (C=O) groups excluding carboxylic acids is 1. The molecule has 7 heteroatoms. The van der Waals surface area contributed by atoms with Gasteiger partial charge in [0.05, 0.1) is 0 Å². The van der Waals surface area contributed by atoms with Gasteiger partial charge in [-0.2, -0.15) is 8.78 Å². The van der Waals surface area contributed by atoms with Crippen molar-refractivity contribution in [1.29, 1.82) is 0 Å². The highest BCUT2D eigenvalue weighted by atomic mass is 32.2. The SMILES string of the molecule is O=C(O)C1C2CCCC2CN1C(=O)c1ccc(SC(F)F)cc1. The van der Waals surface area contributed by atoms with Crippen molar-refractivity contribution in [3.63, 3.8) is 0 Å². The lowest BCUT2D eigenvalue weighted by Crippen LogP contribution is -2.43. The molecule has 4 nitrogen and oxygen atoms in total. The Hall–Kier alpha value is -1.63. The monoisotopic (exact) mass is 341 g/mol. The first-order valence-corrected chi connectivity index (χ1v) is 8.44. The molecule has 1 N–H and O–H groups in total. The van der Waals surface area contributed by atoms with Crippen LogP contribution in [0.15, 0.2) is 29.2 Å². The summed E-state index contributed by atoms with van der Waals surface area (Å²) in [5.41, 5.74) is 0.342. The van der Waals surface area contributed by atoms with Gasteiger partial charge >= 0.3 is 5.97 Å². The van der Waals surface area contributed by atoms with E-state index < -0.39 is 17.8 Å². The summed E-state index contributed by atoms with van der Waals surface area (Å²) >= 11 is 0.418. The Morgan fingerprint density at radius 2 is 1.91 bits per heavy atom.